The smallest absolute Gasteiger partial charge is 0.262 e. The quantitative estimate of drug-likeness (QED) is 0.439. The van der Waals surface area contributed by atoms with E-state index in [0.29, 0.717) is 18.0 Å². The Labute approximate surface area is 189 Å². The fraction of sp³-hybridized carbons (Fsp3) is 0.269. The van der Waals surface area contributed by atoms with Crippen LogP contribution in [-0.2, 0) is 17.8 Å². The maximum absolute atomic E-state index is 12.3. The van der Waals surface area contributed by atoms with Crippen LogP contribution in [0.3, 0.4) is 0 Å². The number of aryl methyl sites for hydroxylation is 1. The van der Waals surface area contributed by atoms with Crippen LogP contribution in [0.5, 0.6) is 17.2 Å². The molecule has 0 aliphatic heterocycles. The van der Waals surface area contributed by atoms with Crippen molar-refractivity contribution in [3.8, 4) is 17.2 Å². The highest BCUT2D eigenvalue weighted by atomic mass is 16.5. The number of nitrogens with one attached hydrogen (secondary N) is 2. The van der Waals surface area contributed by atoms with Crippen LogP contribution in [-0.4, -0.2) is 33.3 Å². The van der Waals surface area contributed by atoms with E-state index < -0.39 is 0 Å². The number of rotatable bonds is 11. The lowest BCUT2D eigenvalue weighted by molar-refractivity contribution is -0.118. The number of hydrogen-bond acceptors (Lipinski definition) is 5. The first-order chi connectivity index (χ1) is 15.6. The Morgan fingerprint density at radius 1 is 0.906 bits per heavy atom. The van der Waals surface area contributed by atoms with Crippen molar-refractivity contribution in [2.75, 3.05) is 32.7 Å². The summed E-state index contributed by atoms with van der Waals surface area (Å²) in [4.78, 5) is 12.3. The Morgan fingerprint density at radius 3 is 2.34 bits per heavy atom. The van der Waals surface area contributed by atoms with Gasteiger partial charge in [-0.2, -0.15) is 0 Å². The fourth-order valence-corrected chi connectivity index (χ4v) is 3.24. The van der Waals surface area contributed by atoms with E-state index in [1.165, 1.54) is 5.56 Å². The Hall–Kier alpha value is -3.51. The summed E-state index contributed by atoms with van der Waals surface area (Å²) < 4.78 is 16.5. The molecule has 32 heavy (non-hydrogen) atoms. The SMILES string of the molecule is COc1ccc(CCNCc2cccc(OC)c2OCC(=O)Nc2ccc(C)cc2)cc1. The molecule has 0 aliphatic rings. The first-order valence-electron chi connectivity index (χ1n) is 10.6. The van der Waals surface area contributed by atoms with Gasteiger partial charge in [-0.05, 0) is 55.8 Å². The molecule has 0 saturated heterocycles. The normalized spacial score (nSPS) is 10.5. The number of benzene rings is 3. The molecule has 0 fully saturated rings. The van der Waals surface area contributed by atoms with Crippen LogP contribution in [0.4, 0.5) is 5.69 Å². The molecule has 0 aliphatic carbocycles. The fourth-order valence-electron chi connectivity index (χ4n) is 3.24. The number of carbonyl (C=O) groups is 1. The molecule has 0 radical (unpaired) electrons. The summed E-state index contributed by atoms with van der Waals surface area (Å²) >= 11 is 0. The predicted molar refractivity (Wildman–Crippen MR) is 127 cm³/mol. The first-order valence-corrected chi connectivity index (χ1v) is 10.6. The summed E-state index contributed by atoms with van der Waals surface area (Å²) in [6.45, 7) is 3.30. The van der Waals surface area contributed by atoms with Gasteiger partial charge in [0.25, 0.3) is 5.91 Å². The van der Waals surface area contributed by atoms with Gasteiger partial charge in [0.15, 0.2) is 18.1 Å². The minimum absolute atomic E-state index is 0.104. The summed E-state index contributed by atoms with van der Waals surface area (Å²) in [6, 6.07) is 21.4. The van der Waals surface area contributed by atoms with Gasteiger partial charge in [0, 0.05) is 17.8 Å². The lowest BCUT2D eigenvalue weighted by Gasteiger charge is -2.15. The lowest BCUT2D eigenvalue weighted by atomic mass is 10.1. The molecule has 0 spiro atoms. The second kappa shape index (κ2) is 11.8. The standard InChI is InChI=1S/C26H30N2O4/c1-19-7-11-22(12-8-19)28-25(29)18-32-26-21(5-4-6-24(26)31-3)17-27-16-15-20-9-13-23(30-2)14-10-20/h4-14,27H,15-18H2,1-3H3,(H,28,29). The average Bonchev–Trinajstić information content (AvgIpc) is 2.82. The van der Waals surface area contributed by atoms with Gasteiger partial charge in [0.1, 0.15) is 5.75 Å². The number of hydrogen-bond donors (Lipinski definition) is 2. The van der Waals surface area contributed by atoms with E-state index in [1.54, 1.807) is 14.2 Å². The van der Waals surface area contributed by atoms with Crippen molar-refractivity contribution in [2.45, 2.75) is 19.9 Å². The van der Waals surface area contributed by atoms with Crippen LogP contribution < -0.4 is 24.8 Å². The van der Waals surface area contributed by atoms with Crippen molar-refractivity contribution < 1.29 is 19.0 Å². The van der Waals surface area contributed by atoms with E-state index in [0.717, 1.165) is 35.5 Å². The third-order valence-corrected chi connectivity index (χ3v) is 5.03. The minimum atomic E-state index is -0.224. The Bertz CT molecular complexity index is 1000. The van der Waals surface area contributed by atoms with Gasteiger partial charge in [-0.1, -0.05) is 42.0 Å². The van der Waals surface area contributed by atoms with Gasteiger partial charge >= 0.3 is 0 Å². The molecule has 2 N–H and O–H groups in total. The molecule has 0 aromatic heterocycles. The monoisotopic (exact) mass is 434 g/mol. The van der Waals surface area contributed by atoms with Gasteiger partial charge in [-0.25, -0.2) is 0 Å². The van der Waals surface area contributed by atoms with Crippen LogP contribution in [0.15, 0.2) is 66.7 Å². The van der Waals surface area contributed by atoms with E-state index in [2.05, 4.69) is 22.8 Å². The van der Waals surface area contributed by atoms with Gasteiger partial charge in [-0.3, -0.25) is 4.79 Å². The molecule has 6 heteroatoms. The zero-order chi connectivity index (χ0) is 22.8. The van der Waals surface area contributed by atoms with Crippen LogP contribution in [0.25, 0.3) is 0 Å². The van der Waals surface area contributed by atoms with Gasteiger partial charge in [0.05, 0.1) is 14.2 Å². The number of carbonyl (C=O) groups excluding carboxylic acids is 1. The third kappa shape index (κ3) is 6.75. The molecular formula is C26H30N2O4. The highest BCUT2D eigenvalue weighted by Crippen LogP contribution is 2.31. The zero-order valence-electron chi connectivity index (χ0n) is 18.8. The van der Waals surface area contributed by atoms with Gasteiger partial charge in [-0.15, -0.1) is 0 Å². The molecule has 6 nitrogen and oxygen atoms in total. The molecular weight excluding hydrogens is 404 g/mol. The minimum Gasteiger partial charge on any atom is -0.497 e. The number of anilines is 1. The summed E-state index contributed by atoms with van der Waals surface area (Å²) in [5, 5.41) is 6.28. The number of ether oxygens (including phenoxy) is 3. The molecule has 0 bridgehead atoms. The van der Waals surface area contributed by atoms with E-state index in [-0.39, 0.29) is 12.5 Å². The molecule has 0 atom stereocenters. The number of para-hydroxylation sites is 1. The van der Waals surface area contributed by atoms with Crippen molar-refractivity contribution in [1.82, 2.24) is 5.32 Å². The largest absolute Gasteiger partial charge is 0.497 e. The molecule has 0 heterocycles. The summed E-state index contributed by atoms with van der Waals surface area (Å²) in [7, 11) is 3.26. The van der Waals surface area contributed by atoms with Crippen molar-refractivity contribution >= 4 is 11.6 Å². The summed E-state index contributed by atoms with van der Waals surface area (Å²) in [5.74, 6) is 1.80. The Balaban J connectivity index is 1.54. The van der Waals surface area contributed by atoms with E-state index in [4.69, 9.17) is 14.2 Å². The van der Waals surface area contributed by atoms with Crippen molar-refractivity contribution in [3.63, 3.8) is 0 Å². The molecule has 3 rings (SSSR count). The van der Waals surface area contributed by atoms with Crippen LogP contribution in [0, 0.1) is 6.92 Å². The van der Waals surface area contributed by atoms with E-state index in [9.17, 15) is 4.79 Å². The lowest BCUT2D eigenvalue weighted by Crippen LogP contribution is -2.22. The second-order valence-corrected chi connectivity index (χ2v) is 7.43. The van der Waals surface area contributed by atoms with Gasteiger partial charge < -0.3 is 24.8 Å². The molecule has 1 amide bonds. The predicted octanol–water partition coefficient (Wildman–Crippen LogP) is 4.36. The highest BCUT2D eigenvalue weighted by molar-refractivity contribution is 5.91. The second-order valence-electron chi connectivity index (χ2n) is 7.43. The number of methoxy groups -OCH3 is 2. The van der Waals surface area contributed by atoms with Gasteiger partial charge in [0.2, 0.25) is 0 Å². The first kappa shape index (κ1) is 23.2. The van der Waals surface area contributed by atoms with E-state index in [1.807, 2.05) is 61.5 Å². The highest BCUT2D eigenvalue weighted by Gasteiger charge is 2.13. The Morgan fingerprint density at radius 2 is 1.66 bits per heavy atom. The molecule has 0 unspecified atom stereocenters. The third-order valence-electron chi connectivity index (χ3n) is 5.03. The van der Waals surface area contributed by atoms with Crippen LogP contribution in [0.2, 0.25) is 0 Å². The number of amides is 1. The summed E-state index contributed by atoms with van der Waals surface area (Å²) in [6.07, 6.45) is 0.892. The average molecular weight is 435 g/mol. The molecule has 3 aromatic carbocycles. The van der Waals surface area contributed by atoms with Crippen molar-refractivity contribution in [2.24, 2.45) is 0 Å². The maximum atomic E-state index is 12.3. The van der Waals surface area contributed by atoms with Crippen LogP contribution in [0.1, 0.15) is 16.7 Å². The maximum Gasteiger partial charge on any atom is 0.262 e. The zero-order valence-corrected chi connectivity index (χ0v) is 18.8. The van der Waals surface area contributed by atoms with E-state index >= 15 is 0 Å². The van der Waals surface area contributed by atoms with Crippen molar-refractivity contribution in [1.29, 1.82) is 0 Å². The topological polar surface area (TPSA) is 68.8 Å². The summed E-state index contributed by atoms with van der Waals surface area (Å²) in [5.41, 5.74) is 4.04. The van der Waals surface area contributed by atoms with Crippen molar-refractivity contribution in [3.05, 3.63) is 83.4 Å². The molecule has 3 aromatic rings. The molecule has 0 saturated carbocycles. The van der Waals surface area contributed by atoms with Crippen LogP contribution >= 0.6 is 0 Å². The Kier molecular flexibility index (Phi) is 8.52. The molecule has 168 valence electrons.